The molecule has 0 unspecified atom stereocenters. The van der Waals surface area contributed by atoms with Gasteiger partial charge in [0.2, 0.25) is 5.90 Å². The first-order valence-electron chi connectivity index (χ1n) is 8.19. The minimum absolute atomic E-state index is 0.425. The minimum Gasteiger partial charge on any atom is -0.444 e. The maximum atomic E-state index is 5.90. The van der Waals surface area contributed by atoms with Gasteiger partial charge in [-0.25, -0.2) is 0 Å². The fourth-order valence-electron chi connectivity index (χ4n) is 2.74. The predicted molar refractivity (Wildman–Crippen MR) is 91.3 cm³/mol. The van der Waals surface area contributed by atoms with Crippen LogP contribution >= 0.6 is 0 Å². The van der Waals surface area contributed by atoms with Gasteiger partial charge in [-0.3, -0.25) is 4.99 Å². The number of allylic oxidation sites excluding steroid dienone is 1. The van der Waals surface area contributed by atoms with E-state index >= 15 is 0 Å². The van der Waals surface area contributed by atoms with Gasteiger partial charge in [-0.05, 0) is 44.9 Å². The van der Waals surface area contributed by atoms with Crippen molar-refractivity contribution >= 4 is 5.90 Å². The lowest BCUT2D eigenvalue weighted by atomic mass is 9.98. The highest BCUT2D eigenvalue weighted by molar-refractivity contribution is 5.94. The normalized spacial score (nSPS) is 17.6. The third-order valence-electron chi connectivity index (χ3n) is 3.98. The number of ether oxygens (including phenoxy) is 2. The van der Waals surface area contributed by atoms with E-state index in [1.54, 1.807) is 7.05 Å². The second kappa shape index (κ2) is 8.74. The molecule has 3 heteroatoms. The van der Waals surface area contributed by atoms with Crippen LogP contribution in [0.2, 0.25) is 0 Å². The Balaban J connectivity index is 1.86. The van der Waals surface area contributed by atoms with Crippen molar-refractivity contribution in [1.82, 2.24) is 0 Å². The van der Waals surface area contributed by atoms with Gasteiger partial charge < -0.3 is 9.47 Å². The van der Waals surface area contributed by atoms with E-state index in [9.17, 15) is 0 Å². The van der Waals surface area contributed by atoms with Crippen LogP contribution in [0.25, 0.3) is 0 Å². The second-order valence-electron chi connectivity index (χ2n) is 5.91. The van der Waals surface area contributed by atoms with Gasteiger partial charge in [0.05, 0.1) is 12.7 Å². The molecule has 0 radical (unpaired) electrons. The van der Waals surface area contributed by atoms with Crippen LogP contribution in [-0.2, 0) is 9.47 Å². The molecule has 0 heterocycles. The molecule has 0 saturated heterocycles. The van der Waals surface area contributed by atoms with Crippen LogP contribution in [0.3, 0.4) is 0 Å². The third-order valence-corrected chi connectivity index (χ3v) is 3.98. The average Bonchev–Trinajstić information content (AvgIpc) is 2.53. The van der Waals surface area contributed by atoms with Gasteiger partial charge in [-0.1, -0.05) is 37.0 Å². The molecule has 1 aromatic rings. The lowest BCUT2D eigenvalue weighted by molar-refractivity contribution is 0.0456. The van der Waals surface area contributed by atoms with E-state index in [2.05, 4.69) is 24.0 Å². The largest absolute Gasteiger partial charge is 0.444 e. The zero-order valence-electron chi connectivity index (χ0n) is 14.0. The van der Waals surface area contributed by atoms with Crippen molar-refractivity contribution in [2.75, 3.05) is 13.7 Å². The first-order valence-corrected chi connectivity index (χ1v) is 8.19. The van der Waals surface area contributed by atoms with Crippen LogP contribution in [0, 0.1) is 6.92 Å². The van der Waals surface area contributed by atoms with Crippen LogP contribution in [0.15, 0.2) is 41.1 Å². The Morgan fingerprint density at radius 2 is 2.05 bits per heavy atom. The number of aliphatic imine (C=N–C) groups is 1. The lowest BCUT2D eigenvalue weighted by Crippen LogP contribution is -2.16. The van der Waals surface area contributed by atoms with Crippen LogP contribution in [-0.4, -0.2) is 25.7 Å². The molecule has 0 spiro atoms. The Hall–Kier alpha value is -1.61. The van der Waals surface area contributed by atoms with Gasteiger partial charge in [0.25, 0.3) is 0 Å². The molecule has 1 fully saturated rings. The van der Waals surface area contributed by atoms with Gasteiger partial charge in [-0.15, -0.1) is 0 Å². The first kappa shape index (κ1) is 16.8. The Kier molecular flexibility index (Phi) is 6.66. The molecule has 0 atom stereocenters. The van der Waals surface area contributed by atoms with Crippen molar-refractivity contribution in [3.05, 3.63) is 47.2 Å². The quantitative estimate of drug-likeness (QED) is 0.450. The summed E-state index contributed by atoms with van der Waals surface area (Å²) in [7, 11) is 1.75. The van der Waals surface area contributed by atoms with Crippen molar-refractivity contribution in [2.45, 2.75) is 52.1 Å². The molecule has 0 bridgehead atoms. The van der Waals surface area contributed by atoms with Crippen LogP contribution < -0.4 is 0 Å². The monoisotopic (exact) mass is 301 g/mol. The van der Waals surface area contributed by atoms with Crippen LogP contribution in [0.1, 0.15) is 50.2 Å². The van der Waals surface area contributed by atoms with Crippen molar-refractivity contribution in [3.63, 3.8) is 0 Å². The molecule has 2 rings (SSSR count). The number of hydrogen-bond donors (Lipinski definition) is 0. The molecule has 22 heavy (non-hydrogen) atoms. The number of hydrogen-bond acceptors (Lipinski definition) is 3. The number of aryl methyl sites for hydroxylation is 1. The standard InChI is InChI=1S/C19H27NO2/c1-15-8-7-9-17(14-15)19(20-3)22-16(2)12-13-21-18-10-5-4-6-11-18/h7-9,12,14,18H,4-6,10-11,13H2,1-3H3/b16-12+,20-19?. The topological polar surface area (TPSA) is 30.8 Å². The van der Waals surface area contributed by atoms with E-state index in [0.29, 0.717) is 18.6 Å². The molecule has 1 aliphatic carbocycles. The predicted octanol–water partition coefficient (Wildman–Crippen LogP) is 4.64. The number of nitrogens with zero attached hydrogens (tertiary/aromatic N) is 1. The van der Waals surface area contributed by atoms with E-state index in [0.717, 1.165) is 11.3 Å². The molecule has 0 N–H and O–H groups in total. The Bertz CT molecular complexity index is 528. The SMILES string of the molecule is CN=C(O/C(C)=C/COC1CCCCC1)c1cccc(C)c1. The summed E-state index contributed by atoms with van der Waals surface area (Å²) < 4.78 is 11.8. The number of benzene rings is 1. The van der Waals surface area contributed by atoms with Crippen LogP contribution in [0.5, 0.6) is 0 Å². The average molecular weight is 301 g/mol. The lowest BCUT2D eigenvalue weighted by Gasteiger charge is -2.21. The van der Waals surface area contributed by atoms with E-state index in [-0.39, 0.29) is 0 Å². The third kappa shape index (κ3) is 5.30. The molecule has 1 saturated carbocycles. The summed E-state index contributed by atoms with van der Waals surface area (Å²) in [5.41, 5.74) is 2.20. The van der Waals surface area contributed by atoms with E-state index in [4.69, 9.17) is 9.47 Å². The molecule has 0 aliphatic heterocycles. The Morgan fingerprint density at radius 1 is 1.27 bits per heavy atom. The highest BCUT2D eigenvalue weighted by atomic mass is 16.5. The molecule has 3 nitrogen and oxygen atoms in total. The summed E-state index contributed by atoms with van der Waals surface area (Å²) in [5.74, 6) is 1.48. The summed E-state index contributed by atoms with van der Waals surface area (Å²) in [6, 6.07) is 8.18. The molecule has 0 amide bonds. The highest BCUT2D eigenvalue weighted by Crippen LogP contribution is 2.20. The summed E-state index contributed by atoms with van der Waals surface area (Å²) in [6.45, 7) is 4.63. The van der Waals surface area contributed by atoms with E-state index in [1.807, 2.05) is 25.1 Å². The first-order chi connectivity index (χ1) is 10.7. The molecular weight excluding hydrogens is 274 g/mol. The summed E-state index contributed by atoms with van der Waals surface area (Å²) >= 11 is 0. The summed E-state index contributed by atoms with van der Waals surface area (Å²) in [4.78, 5) is 4.25. The molecule has 1 aromatic carbocycles. The van der Waals surface area contributed by atoms with Crippen molar-refractivity contribution in [1.29, 1.82) is 0 Å². The van der Waals surface area contributed by atoms with Gasteiger partial charge in [0.15, 0.2) is 0 Å². The van der Waals surface area contributed by atoms with E-state index in [1.165, 1.54) is 37.7 Å². The maximum Gasteiger partial charge on any atom is 0.221 e. The number of rotatable bonds is 5. The highest BCUT2D eigenvalue weighted by Gasteiger charge is 2.13. The van der Waals surface area contributed by atoms with Crippen molar-refractivity contribution in [3.8, 4) is 0 Å². The van der Waals surface area contributed by atoms with Gasteiger partial charge >= 0.3 is 0 Å². The van der Waals surface area contributed by atoms with E-state index < -0.39 is 0 Å². The summed E-state index contributed by atoms with van der Waals surface area (Å²) in [6.07, 6.45) is 8.75. The summed E-state index contributed by atoms with van der Waals surface area (Å²) in [5, 5.41) is 0. The Labute approximate surface area is 134 Å². The zero-order valence-corrected chi connectivity index (χ0v) is 14.0. The fraction of sp³-hybridized carbons (Fsp3) is 0.526. The fourth-order valence-corrected chi connectivity index (χ4v) is 2.74. The van der Waals surface area contributed by atoms with Crippen molar-refractivity contribution < 1.29 is 9.47 Å². The van der Waals surface area contributed by atoms with Gasteiger partial charge in [0.1, 0.15) is 5.76 Å². The molecule has 0 aromatic heterocycles. The van der Waals surface area contributed by atoms with Crippen LogP contribution in [0.4, 0.5) is 0 Å². The van der Waals surface area contributed by atoms with Gasteiger partial charge in [0, 0.05) is 12.6 Å². The minimum atomic E-state index is 0.425. The van der Waals surface area contributed by atoms with Gasteiger partial charge in [-0.2, -0.15) is 0 Å². The molecular formula is C19H27NO2. The Morgan fingerprint density at radius 3 is 2.73 bits per heavy atom. The maximum absolute atomic E-state index is 5.90. The molecule has 120 valence electrons. The zero-order chi connectivity index (χ0) is 15.8. The van der Waals surface area contributed by atoms with Crippen molar-refractivity contribution in [2.24, 2.45) is 4.99 Å². The smallest absolute Gasteiger partial charge is 0.221 e. The second-order valence-corrected chi connectivity index (χ2v) is 5.91. The molecule has 1 aliphatic rings.